The average Bonchev–Trinajstić information content (AvgIpc) is 4.20. The Morgan fingerprint density at radius 3 is 2.51 bits per heavy atom. The zero-order valence-electron chi connectivity index (χ0n) is 37.9. The van der Waals surface area contributed by atoms with Crippen LogP contribution in [0.3, 0.4) is 0 Å². The molecule has 3 aromatic rings. The van der Waals surface area contributed by atoms with Crippen molar-refractivity contribution in [2.75, 3.05) is 20.3 Å². The van der Waals surface area contributed by atoms with E-state index in [1.165, 1.54) is 17.0 Å². The van der Waals surface area contributed by atoms with Gasteiger partial charge in [0.1, 0.15) is 29.5 Å². The summed E-state index contributed by atoms with van der Waals surface area (Å²) in [6, 6.07) is 9.38. The number of nitrogens with zero attached hydrogens (tertiary/aromatic N) is 2. The summed E-state index contributed by atoms with van der Waals surface area (Å²) in [6.45, 7) is 9.71. The van der Waals surface area contributed by atoms with Crippen LogP contribution in [0.2, 0.25) is 0 Å². The van der Waals surface area contributed by atoms with Gasteiger partial charge in [-0.05, 0) is 125 Å². The van der Waals surface area contributed by atoms with E-state index < -0.39 is 74.5 Å². The molecule has 65 heavy (non-hydrogen) atoms. The molecule has 0 unspecified atom stereocenters. The lowest BCUT2D eigenvalue weighted by atomic mass is 9.88. The van der Waals surface area contributed by atoms with Crippen LogP contribution in [0.1, 0.15) is 92.4 Å². The van der Waals surface area contributed by atoms with Crippen LogP contribution in [0, 0.1) is 29.0 Å². The number of amides is 4. The van der Waals surface area contributed by atoms with Gasteiger partial charge >= 0.3 is 6.09 Å². The minimum Gasteiger partial charge on any atom is -0.497 e. The Labute approximate surface area is 379 Å². The third-order valence-corrected chi connectivity index (χ3v) is 15.2. The van der Waals surface area contributed by atoms with Crippen molar-refractivity contribution in [3.63, 3.8) is 0 Å². The number of allylic oxidation sites excluding steroid dienone is 1. The number of rotatable bonds is 12. The van der Waals surface area contributed by atoms with Crippen molar-refractivity contribution in [1.82, 2.24) is 25.2 Å². The average molecular weight is 918 g/mol. The largest absolute Gasteiger partial charge is 0.497 e. The van der Waals surface area contributed by atoms with Gasteiger partial charge in [-0.2, -0.15) is 0 Å². The second-order valence-corrected chi connectivity index (χ2v) is 21.4. The van der Waals surface area contributed by atoms with E-state index in [0.29, 0.717) is 53.5 Å². The van der Waals surface area contributed by atoms with Crippen molar-refractivity contribution < 1.29 is 50.9 Å². The second-order valence-electron chi connectivity index (χ2n) is 19.5. The summed E-state index contributed by atoms with van der Waals surface area (Å²) in [7, 11) is -2.41. The SMILES string of the molecule is COc1ccc2c(O[C@@H]3C[C@H]4C(=O)N[C@]5(C(=O)NS(=O)(=O)C6CC6)C[C@H]5/C=C\CC[C@H](C)C[C@@H](C)[C@H](NC(=O)OCC5(C)CC5)C(=O)N4C3)nc(-c3ccc(OC(C)C)c(F)c3)cc2c1. The number of alkyl carbamates (subject to hydrolysis) is 1. The number of hydrogen-bond acceptors (Lipinski definition) is 11. The lowest BCUT2D eigenvalue weighted by molar-refractivity contribution is -0.142. The first-order chi connectivity index (χ1) is 30.9. The molecule has 4 amide bonds. The summed E-state index contributed by atoms with van der Waals surface area (Å²) >= 11 is 0. The topological polar surface area (TPSA) is 192 Å². The molecule has 0 bridgehead atoms. The Morgan fingerprint density at radius 2 is 1.82 bits per heavy atom. The first-order valence-corrected chi connectivity index (χ1v) is 24.3. The summed E-state index contributed by atoms with van der Waals surface area (Å²) < 4.78 is 67.1. The molecule has 1 aromatic heterocycles. The van der Waals surface area contributed by atoms with E-state index in [-0.39, 0.29) is 61.0 Å². The summed E-state index contributed by atoms with van der Waals surface area (Å²) in [6.07, 6.45) is 6.84. The molecular formula is C48H60FN5O10S. The molecule has 350 valence electrons. The predicted octanol–water partition coefficient (Wildman–Crippen LogP) is 6.58. The first-order valence-electron chi connectivity index (χ1n) is 22.8. The van der Waals surface area contributed by atoms with Gasteiger partial charge in [0.05, 0.1) is 37.3 Å². The van der Waals surface area contributed by atoms with Gasteiger partial charge in [-0.3, -0.25) is 19.1 Å². The Balaban J connectivity index is 1.14. The molecule has 1 saturated heterocycles. The molecule has 5 aliphatic rings. The van der Waals surface area contributed by atoms with Gasteiger partial charge in [0.2, 0.25) is 27.7 Å². The summed E-state index contributed by atoms with van der Waals surface area (Å²) in [5.74, 6) is -2.53. The van der Waals surface area contributed by atoms with Crippen molar-refractivity contribution in [2.45, 2.75) is 127 Å². The molecule has 7 atom stereocenters. The number of hydrogen-bond donors (Lipinski definition) is 3. The van der Waals surface area contributed by atoms with E-state index in [0.717, 1.165) is 19.3 Å². The molecule has 3 aliphatic carbocycles. The molecular weight excluding hydrogens is 858 g/mol. The number of ether oxygens (including phenoxy) is 4. The lowest BCUT2D eigenvalue weighted by Gasteiger charge is -2.32. The van der Waals surface area contributed by atoms with E-state index in [2.05, 4.69) is 22.3 Å². The Kier molecular flexibility index (Phi) is 12.8. The molecule has 0 radical (unpaired) electrons. The Bertz CT molecular complexity index is 2490. The second kappa shape index (κ2) is 18.1. The van der Waals surface area contributed by atoms with Crippen molar-refractivity contribution in [3.05, 3.63) is 60.4 Å². The van der Waals surface area contributed by atoms with E-state index >= 15 is 9.18 Å². The van der Waals surface area contributed by atoms with Crippen LogP contribution in [0.25, 0.3) is 22.0 Å². The van der Waals surface area contributed by atoms with Gasteiger partial charge < -0.3 is 34.5 Å². The number of carbonyl (C=O) groups is 4. The van der Waals surface area contributed by atoms with Crippen LogP contribution in [0.15, 0.2) is 54.6 Å². The fourth-order valence-electron chi connectivity index (χ4n) is 9.00. The molecule has 2 aromatic carbocycles. The quantitative estimate of drug-likeness (QED) is 0.167. The molecule has 3 N–H and O–H groups in total. The monoisotopic (exact) mass is 917 g/mol. The number of sulfonamides is 1. The number of pyridine rings is 1. The minimum absolute atomic E-state index is 0.0458. The maximum absolute atomic E-state index is 15.4. The van der Waals surface area contributed by atoms with E-state index in [9.17, 15) is 22.8 Å². The Morgan fingerprint density at radius 1 is 1.05 bits per heavy atom. The summed E-state index contributed by atoms with van der Waals surface area (Å²) in [5, 5.41) is 6.35. The van der Waals surface area contributed by atoms with E-state index in [1.54, 1.807) is 51.3 Å². The number of aromatic nitrogens is 1. The van der Waals surface area contributed by atoms with Crippen molar-refractivity contribution in [3.8, 4) is 28.6 Å². The van der Waals surface area contributed by atoms with Gasteiger partial charge in [-0.15, -0.1) is 0 Å². The van der Waals surface area contributed by atoms with Gasteiger partial charge in [0.15, 0.2) is 11.6 Å². The van der Waals surface area contributed by atoms with Gasteiger partial charge in [0.25, 0.3) is 5.91 Å². The fraction of sp³-hybridized carbons (Fsp3) is 0.562. The molecule has 3 heterocycles. The van der Waals surface area contributed by atoms with Crippen LogP contribution in [-0.2, 0) is 29.1 Å². The number of fused-ring (bicyclic) bond motifs is 3. The zero-order chi connectivity index (χ0) is 46.4. The van der Waals surface area contributed by atoms with Crippen LogP contribution >= 0.6 is 0 Å². The summed E-state index contributed by atoms with van der Waals surface area (Å²) in [4.78, 5) is 63.5. The molecule has 8 rings (SSSR count). The maximum atomic E-state index is 15.4. The van der Waals surface area contributed by atoms with Gasteiger partial charge in [-0.25, -0.2) is 22.6 Å². The molecule has 15 nitrogen and oxygen atoms in total. The molecule has 17 heteroatoms. The molecule has 4 fully saturated rings. The molecule has 3 saturated carbocycles. The highest BCUT2D eigenvalue weighted by Crippen LogP contribution is 2.47. The smallest absolute Gasteiger partial charge is 0.407 e. The van der Waals surface area contributed by atoms with Crippen molar-refractivity contribution in [2.24, 2.45) is 23.2 Å². The number of halogens is 1. The fourth-order valence-corrected chi connectivity index (χ4v) is 10.4. The van der Waals surface area contributed by atoms with Crippen LogP contribution in [0.4, 0.5) is 9.18 Å². The highest BCUT2D eigenvalue weighted by atomic mass is 32.2. The van der Waals surface area contributed by atoms with Crippen LogP contribution in [-0.4, -0.2) is 97.5 Å². The van der Waals surface area contributed by atoms with Gasteiger partial charge in [-0.1, -0.05) is 32.9 Å². The highest BCUT2D eigenvalue weighted by molar-refractivity contribution is 7.91. The van der Waals surface area contributed by atoms with Crippen LogP contribution < -0.4 is 29.6 Å². The number of nitrogens with one attached hydrogen (secondary N) is 3. The van der Waals surface area contributed by atoms with Crippen molar-refractivity contribution in [1.29, 1.82) is 0 Å². The maximum Gasteiger partial charge on any atom is 0.407 e. The third-order valence-electron chi connectivity index (χ3n) is 13.4. The number of methoxy groups -OCH3 is 1. The predicted molar refractivity (Wildman–Crippen MR) is 240 cm³/mol. The third kappa shape index (κ3) is 10.3. The molecule has 0 spiro atoms. The lowest BCUT2D eigenvalue weighted by Crippen LogP contribution is -2.59. The summed E-state index contributed by atoms with van der Waals surface area (Å²) in [5.41, 5.74) is -0.841. The van der Waals surface area contributed by atoms with Gasteiger partial charge in [0, 0.05) is 28.7 Å². The minimum atomic E-state index is -3.95. The highest BCUT2D eigenvalue weighted by Gasteiger charge is 2.62. The number of benzene rings is 2. The van der Waals surface area contributed by atoms with Crippen molar-refractivity contribution >= 4 is 44.6 Å². The first kappa shape index (κ1) is 46.1. The van der Waals surface area contributed by atoms with Crippen LogP contribution in [0.5, 0.6) is 17.4 Å². The van der Waals surface area contributed by atoms with E-state index in [1.807, 2.05) is 26.0 Å². The Hall–Kier alpha value is -5.45. The number of carbonyl (C=O) groups excluding carboxylic acids is 4. The standard InChI is InChI=1S/C48H60FN5O10S/c1-27(2)63-40-16-11-30(21-37(40)49)38-22-31-20-33(61-6)12-15-36(31)43(50-38)64-34-23-39-42(55)52-48(45(57)53-65(59,60)35-13-14-35)24-32(48)10-8-7-9-28(3)19-29(4)41(44(56)54(39)25-34)51-46(58)62-26-47(5)17-18-47/h8,10-12,15-16,20-22,27-29,32,34-35,39,41H,7,9,13-14,17-19,23-26H2,1-6H3,(H,51,58)(H,52,55)(H,53,57)/b10-8-/t28-,29+,32+,34+,39-,41-,48+/m0/s1. The molecule has 2 aliphatic heterocycles. The zero-order valence-corrected chi connectivity index (χ0v) is 38.7. The normalized spacial score (nSPS) is 28.2. The van der Waals surface area contributed by atoms with E-state index in [4.69, 9.17) is 23.9 Å².